The highest BCUT2D eigenvalue weighted by Crippen LogP contribution is 2.12. The van der Waals surface area contributed by atoms with Crippen molar-refractivity contribution in [3.05, 3.63) is 70.2 Å². The number of rotatable bonds is 7. The number of aromatic amines is 1. The van der Waals surface area contributed by atoms with Crippen LogP contribution < -0.4 is 10.5 Å². The Balaban J connectivity index is 1.54. The molecule has 0 amide bonds. The van der Waals surface area contributed by atoms with Gasteiger partial charge in [-0.3, -0.25) is 4.98 Å². The molecule has 126 valence electrons. The van der Waals surface area contributed by atoms with Crippen molar-refractivity contribution in [1.29, 1.82) is 0 Å². The van der Waals surface area contributed by atoms with Crippen molar-refractivity contribution in [2.75, 3.05) is 5.75 Å². The third kappa shape index (κ3) is 4.33. The molecule has 24 heavy (non-hydrogen) atoms. The summed E-state index contributed by atoms with van der Waals surface area (Å²) in [6, 6.07) is 14.9. The number of hydrogen-bond donors (Lipinski definition) is 2. The van der Waals surface area contributed by atoms with E-state index in [0.29, 0.717) is 17.5 Å². The Morgan fingerprint density at radius 1 is 1.04 bits per heavy atom. The van der Waals surface area contributed by atoms with Gasteiger partial charge >= 0.3 is 5.76 Å². The van der Waals surface area contributed by atoms with Crippen molar-refractivity contribution in [3.8, 4) is 0 Å². The van der Waals surface area contributed by atoms with Crippen LogP contribution in [0.1, 0.15) is 17.5 Å². The number of benzene rings is 2. The smallest absolute Gasteiger partial charge is 0.408 e. The van der Waals surface area contributed by atoms with Crippen LogP contribution in [0.4, 0.5) is 0 Å². The number of hydrogen-bond acceptors (Lipinski definition) is 4. The number of oxazole rings is 1. The minimum Gasteiger partial charge on any atom is -0.408 e. The van der Waals surface area contributed by atoms with Crippen molar-refractivity contribution in [3.63, 3.8) is 0 Å². The van der Waals surface area contributed by atoms with Gasteiger partial charge in [0.1, 0.15) is 0 Å². The van der Waals surface area contributed by atoms with Gasteiger partial charge in [0.2, 0.25) is 10.0 Å². The van der Waals surface area contributed by atoms with E-state index < -0.39 is 15.8 Å². The standard InChI is InChI=1S/C17H18N2O4S/c20-17-19-15-11-14(8-9-16(15)23-17)12-18-24(21,22)10-4-7-13-5-2-1-3-6-13/h1-3,5-6,8-9,11,18H,4,7,10,12H2,(H,19,20). The van der Waals surface area contributed by atoms with Crippen LogP contribution in [0.2, 0.25) is 0 Å². The lowest BCUT2D eigenvalue weighted by Gasteiger charge is -2.07. The maximum absolute atomic E-state index is 12.1. The summed E-state index contributed by atoms with van der Waals surface area (Å²) >= 11 is 0. The maximum atomic E-state index is 12.1. The average molecular weight is 346 g/mol. The molecule has 0 spiro atoms. The van der Waals surface area contributed by atoms with Gasteiger partial charge in [0, 0.05) is 6.54 Å². The van der Waals surface area contributed by atoms with E-state index in [9.17, 15) is 13.2 Å². The molecule has 2 N–H and O–H groups in total. The molecule has 0 fully saturated rings. The fraction of sp³-hybridized carbons (Fsp3) is 0.235. The molecule has 0 radical (unpaired) electrons. The van der Waals surface area contributed by atoms with Crippen molar-refractivity contribution >= 4 is 21.1 Å². The largest absolute Gasteiger partial charge is 0.417 e. The highest BCUT2D eigenvalue weighted by atomic mass is 32.2. The van der Waals surface area contributed by atoms with Crippen molar-refractivity contribution < 1.29 is 12.8 Å². The Kier molecular flexibility index (Phi) is 4.82. The van der Waals surface area contributed by atoms with Gasteiger partial charge in [-0.25, -0.2) is 17.9 Å². The predicted molar refractivity (Wildman–Crippen MR) is 92.2 cm³/mol. The Bertz CT molecular complexity index is 974. The lowest BCUT2D eigenvalue weighted by Crippen LogP contribution is -2.26. The number of fused-ring (bicyclic) bond motifs is 1. The second-order valence-electron chi connectivity index (χ2n) is 5.57. The van der Waals surface area contributed by atoms with E-state index in [0.717, 1.165) is 17.5 Å². The fourth-order valence-corrected chi connectivity index (χ4v) is 3.54. The molecule has 0 saturated heterocycles. The van der Waals surface area contributed by atoms with Crippen LogP contribution in [0, 0.1) is 0 Å². The number of aromatic nitrogens is 1. The topological polar surface area (TPSA) is 92.2 Å². The van der Waals surface area contributed by atoms with E-state index in [1.807, 2.05) is 30.3 Å². The summed E-state index contributed by atoms with van der Waals surface area (Å²) in [4.78, 5) is 13.7. The van der Waals surface area contributed by atoms with Gasteiger partial charge in [0.25, 0.3) is 0 Å². The summed E-state index contributed by atoms with van der Waals surface area (Å²) < 4.78 is 31.6. The van der Waals surface area contributed by atoms with Crippen LogP contribution in [0.3, 0.4) is 0 Å². The van der Waals surface area contributed by atoms with Gasteiger partial charge in [-0.2, -0.15) is 0 Å². The van der Waals surface area contributed by atoms with Gasteiger partial charge < -0.3 is 4.42 Å². The average Bonchev–Trinajstić information content (AvgIpc) is 2.93. The highest BCUT2D eigenvalue weighted by molar-refractivity contribution is 7.89. The molecular formula is C17H18N2O4S. The van der Waals surface area contributed by atoms with E-state index in [1.165, 1.54) is 0 Å². The second kappa shape index (κ2) is 7.02. The first-order chi connectivity index (χ1) is 11.5. The van der Waals surface area contributed by atoms with Gasteiger partial charge in [0.15, 0.2) is 5.58 Å². The molecule has 1 aromatic heterocycles. The van der Waals surface area contributed by atoms with E-state index in [2.05, 4.69) is 9.71 Å². The molecule has 0 bridgehead atoms. The van der Waals surface area contributed by atoms with Crippen LogP contribution in [-0.2, 0) is 23.0 Å². The molecule has 6 nitrogen and oxygen atoms in total. The normalized spacial score (nSPS) is 11.8. The van der Waals surface area contributed by atoms with Crippen molar-refractivity contribution in [2.24, 2.45) is 0 Å². The monoisotopic (exact) mass is 346 g/mol. The first kappa shape index (κ1) is 16.5. The van der Waals surface area contributed by atoms with E-state index >= 15 is 0 Å². The zero-order valence-corrected chi connectivity index (χ0v) is 13.8. The molecular weight excluding hydrogens is 328 g/mol. The summed E-state index contributed by atoms with van der Waals surface area (Å²) in [5, 5.41) is 0. The zero-order chi connectivity index (χ0) is 17.0. The zero-order valence-electron chi connectivity index (χ0n) is 13.0. The highest BCUT2D eigenvalue weighted by Gasteiger charge is 2.10. The van der Waals surface area contributed by atoms with Gasteiger partial charge in [-0.1, -0.05) is 36.4 Å². The molecule has 0 aliphatic carbocycles. The first-order valence-electron chi connectivity index (χ1n) is 7.65. The second-order valence-corrected chi connectivity index (χ2v) is 7.50. The van der Waals surface area contributed by atoms with Crippen molar-refractivity contribution in [2.45, 2.75) is 19.4 Å². The lowest BCUT2D eigenvalue weighted by molar-refractivity contribution is 0.555. The van der Waals surface area contributed by atoms with Crippen LogP contribution in [0.25, 0.3) is 11.1 Å². The summed E-state index contributed by atoms with van der Waals surface area (Å²) in [6.07, 6.45) is 1.29. The van der Waals surface area contributed by atoms with E-state index in [1.54, 1.807) is 18.2 Å². The van der Waals surface area contributed by atoms with E-state index in [-0.39, 0.29) is 12.3 Å². The van der Waals surface area contributed by atoms with Crippen LogP contribution in [0.5, 0.6) is 0 Å². The predicted octanol–water partition coefficient (Wildman–Crippen LogP) is 2.17. The number of nitrogens with one attached hydrogen (secondary N) is 2. The van der Waals surface area contributed by atoms with Gasteiger partial charge in [-0.15, -0.1) is 0 Å². The van der Waals surface area contributed by atoms with Gasteiger partial charge in [-0.05, 0) is 36.1 Å². The Labute approximate surface area is 139 Å². The van der Waals surface area contributed by atoms with Crippen LogP contribution in [0.15, 0.2) is 57.7 Å². The van der Waals surface area contributed by atoms with Crippen LogP contribution in [-0.4, -0.2) is 19.2 Å². The van der Waals surface area contributed by atoms with Crippen LogP contribution >= 0.6 is 0 Å². The van der Waals surface area contributed by atoms with Gasteiger partial charge in [0.05, 0.1) is 11.3 Å². The number of sulfonamides is 1. The number of H-pyrrole nitrogens is 1. The molecule has 3 aromatic rings. The SMILES string of the molecule is O=c1[nH]c2cc(CNS(=O)(=O)CCCc3ccccc3)ccc2o1. The third-order valence-corrected chi connectivity index (χ3v) is 5.11. The molecule has 0 saturated carbocycles. The van der Waals surface area contributed by atoms with E-state index in [4.69, 9.17) is 4.42 Å². The molecule has 0 unspecified atom stereocenters. The molecule has 0 atom stereocenters. The minimum absolute atomic E-state index is 0.0761. The molecule has 7 heteroatoms. The molecule has 3 rings (SSSR count). The summed E-state index contributed by atoms with van der Waals surface area (Å²) in [6.45, 7) is 0.177. The summed E-state index contributed by atoms with van der Waals surface area (Å²) in [7, 11) is -3.34. The maximum Gasteiger partial charge on any atom is 0.417 e. The summed E-state index contributed by atoms with van der Waals surface area (Å²) in [5.74, 6) is -0.448. The molecule has 0 aliphatic heterocycles. The third-order valence-electron chi connectivity index (χ3n) is 3.70. The minimum atomic E-state index is -3.34. The van der Waals surface area contributed by atoms with Crippen molar-refractivity contribution in [1.82, 2.24) is 9.71 Å². The quantitative estimate of drug-likeness (QED) is 0.686. The summed E-state index contributed by atoms with van der Waals surface area (Å²) in [5.41, 5.74) is 2.89. The fourth-order valence-electron chi connectivity index (χ4n) is 2.49. The first-order valence-corrected chi connectivity index (χ1v) is 9.30. The Hall–Kier alpha value is -2.38. The molecule has 2 aromatic carbocycles. The number of aryl methyl sites for hydroxylation is 1. The Morgan fingerprint density at radius 3 is 2.62 bits per heavy atom. The lowest BCUT2D eigenvalue weighted by atomic mass is 10.1. The molecule has 1 heterocycles. The molecule has 0 aliphatic rings. The Morgan fingerprint density at radius 2 is 1.83 bits per heavy atom.